The quantitative estimate of drug-likeness (QED) is 0.877. The fraction of sp³-hybridized carbons (Fsp3) is 0.286. The zero-order valence-electron chi connectivity index (χ0n) is 10.7. The lowest BCUT2D eigenvalue weighted by molar-refractivity contribution is 0.341. The highest BCUT2D eigenvalue weighted by Crippen LogP contribution is 2.28. The van der Waals surface area contributed by atoms with E-state index in [0.29, 0.717) is 6.61 Å². The molecule has 1 N–H and O–H groups in total. The molecular weight excluding hydrogens is 226 g/mol. The summed E-state index contributed by atoms with van der Waals surface area (Å²) in [7, 11) is 0. The van der Waals surface area contributed by atoms with Crippen LogP contribution in [0.3, 0.4) is 0 Å². The number of rotatable bonds is 5. The second kappa shape index (κ2) is 6.00. The van der Waals surface area contributed by atoms with Gasteiger partial charge in [-0.15, -0.1) is 0 Å². The van der Waals surface area contributed by atoms with E-state index in [1.165, 1.54) is 0 Å². The van der Waals surface area contributed by atoms with Crippen molar-refractivity contribution in [1.82, 2.24) is 9.97 Å². The van der Waals surface area contributed by atoms with Crippen molar-refractivity contribution in [3.05, 3.63) is 36.7 Å². The number of anilines is 1. The number of aromatic nitrogens is 2. The third kappa shape index (κ3) is 2.77. The van der Waals surface area contributed by atoms with Crippen LogP contribution < -0.4 is 10.1 Å². The minimum absolute atomic E-state index is 0.641. The van der Waals surface area contributed by atoms with E-state index in [4.69, 9.17) is 4.74 Å². The molecule has 0 saturated carbocycles. The first kappa shape index (κ1) is 12.4. The summed E-state index contributed by atoms with van der Waals surface area (Å²) in [6.07, 6.45) is 1.57. The van der Waals surface area contributed by atoms with Crippen LogP contribution in [0, 0.1) is 0 Å². The Balaban J connectivity index is 2.38. The van der Waals surface area contributed by atoms with E-state index in [0.717, 1.165) is 29.4 Å². The fourth-order valence-electron chi connectivity index (χ4n) is 1.74. The molecule has 1 aromatic carbocycles. The average molecular weight is 243 g/mol. The van der Waals surface area contributed by atoms with Gasteiger partial charge in [-0.1, -0.05) is 12.1 Å². The van der Waals surface area contributed by atoms with Gasteiger partial charge < -0.3 is 10.1 Å². The van der Waals surface area contributed by atoms with Gasteiger partial charge in [0.2, 0.25) is 0 Å². The SMILES string of the molecule is CCNc1cc(-c2ccccc2OCC)ncn1. The van der Waals surface area contributed by atoms with Crippen LogP contribution in [0.1, 0.15) is 13.8 Å². The van der Waals surface area contributed by atoms with Crippen LogP contribution in [0.25, 0.3) is 11.3 Å². The summed E-state index contributed by atoms with van der Waals surface area (Å²) in [5, 5.41) is 3.18. The molecule has 2 rings (SSSR count). The number of hydrogen-bond acceptors (Lipinski definition) is 4. The molecule has 0 aliphatic carbocycles. The van der Waals surface area contributed by atoms with Crippen molar-refractivity contribution in [2.75, 3.05) is 18.5 Å². The molecule has 94 valence electrons. The molecule has 0 fully saturated rings. The molecule has 1 aromatic heterocycles. The van der Waals surface area contributed by atoms with E-state index >= 15 is 0 Å². The maximum atomic E-state index is 5.61. The highest BCUT2D eigenvalue weighted by Gasteiger charge is 2.07. The molecular formula is C14H17N3O. The van der Waals surface area contributed by atoms with Gasteiger partial charge in [0.15, 0.2) is 0 Å². The van der Waals surface area contributed by atoms with Crippen molar-refractivity contribution >= 4 is 5.82 Å². The number of benzene rings is 1. The summed E-state index contributed by atoms with van der Waals surface area (Å²) in [5.74, 6) is 1.68. The topological polar surface area (TPSA) is 47.0 Å². The first-order chi connectivity index (χ1) is 8.85. The molecule has 18 heavy (non-hydrogen) atoms. The fourth-order valence-corrected chi connectivity index (χ4v) is 1.74. The number of hydrogen-bond donors (Lipinski definition) is 1. The van der Waals surface area contributed by atoms with Gasteiger partial charge in [0.25, 0.3) is 0 Å². The molecule has 0 radical (unpaired) electrons. The van der Waals surface area contributed by atoms with Gasteiger partial charge in [-0.2, -0.15) is 0 Å². The van der Waals surface area contributed by atoms with Crippen molar-refractivity contribution < 1.29 is 4.74 Å². The van der Waals surface area contributed by atoms with Gasteiger partial charge in [0.1, 0.15) is 17.9 Å². The van der Waals surface area contributed by atoms with E-state index in [1.807, 2.05) is 44.2 Å². The third-order valence-corrected chi connectivity index (χ3v) is 2.49. The Bertz CT molecular complexity index is 514. The molecule has 1 heterocycles. The van der Waals surface area contributed by atoms with Crippen molar-refractivity contribution in [2.24, 2.45) is 0 Å². The summed E-state index contributed by atoms with van der Waals surface area (Å²) < 4.78 is 5.61. The molecule has 0 atom stereocenters. The second-order valence-corrected chi connectivity index (χ2v) is 3.75. The molecule has 0 aliphatic rings. The molecule has 0 bridgehead atoms. The summed E-state index contributed by atoms with van der Waals surface area (Å²) >= 11 is 0. The van der Waals surface area contributed by atoms with Gasteiger partial charge in [-0.25, -0.2) is 9.97 Å². The smallest absolute Gasteiger partial charge is 0.129 e. The standard InChI is InChI=1S/C14H17N3O/c1-3-15-14-9-12(16-10-17-14)11-7-5-6-8-13(11)18-4-2/h5-10H,3-4H2,1-2H3,(H,15,16,17). The van der Waals surface area contributed by atoms with Crippen LogP contribution in [0.15, 0.2) is 36.7 Å². The summed E-state index contributed by atoms with van der Waals surface area (Å²) in [5.41, 5.74) is 1.85. The van der Waals surface area contributed by atoms with Gasteiger partial charge in [0, 0.05) is 18.2 Å². The Kier molecular flexibility index (Phi) is 4.12. The monoisotopic (exact) mass is 243 g/mol. The molecule has 0 amide bonds. The average Bonchev–Trinajstić information content (AvgIpc) is 2.40. The molecule has 2 aromatic rings. The largest absolute Gasteiger partial charge is 0.493 e. The summed E-state index contributed by atoms with van der Waals surface area (Å²) in [6.45, 7) is 5.49. The van der Waals surface area contributed by atoms with E-state index in [-0.39, 0.29) is 0 Å². The molecule has 0 spiro atoms. The summed E-state index contributed by atoms with van der Waals surface area (Å²) in [4.78, 5) is 8.47. The van der Waals surface area contributed by atoms with E-state index in [9.17, 15) is 0 Å². The predicted molar refractivity (Wildman–Crippen MR) is 72.8 cm³/mol. The van der Waals surface area contributed by atoms with Crippen molar-refractivity contribution in [3.63, 3.8) is 0 Å². The maximum absolute atomic E-state index is 5.61. The van der Waals surface area contributed by atoms with Crippen LogP contribution >= 0.6 is 0 Å². The van der Waals surface area contributed by atoms with Crippen molar-refractivity contribution in [2.45, 2.75) is 13.8 Å². The molecule has 4 nitrogen and oxygen atoms in total. The van der Waals surface area contributed by atoms with Crippen LogP contribution in [0.4, 0.5) is 5.82 Å². The summed E-state index contributed by atoms with van der Waals surface area (Å²) in [6, 6.07) is 9.83. The lowest BCUT2D eigenvalue weighted by atomic mass is 10.1. The highest BCUT2D eigenvalue weighted by molar-refractivity contribution is 5.68. The lowest BCUT2D eigenvalue weighted by Crippen LogP contribution is -2.00. The van der Waals surface area contributed by atoms with Crippen LogP contribution in [0.2, 0.25) is 0 Å². The Morgan fingerprint density at radius 3 is 2.78 bits per heavy atom. The Labute approximate surface area is 107 Å². The number of nitrogens with one attached hydrogen (secondary N) is 1. The minimum atomic E-state index is 0.641. The van der Waals surface area contributed by atoms with Crippen LogP contribution in [-0.4, -0.2) is 23.1 Å². The second-order valence-electron chi connectivity index (χ2n) is 3.75. The number of para-hydroxylation sites is 1. The van der Waals surface area contributed by atoms with E-state index < -0.39 is 0 Å². The van der Waals surface area contributed by atoms with Crippen molar-refractivity contribution in [3.8, 4) is 17.0 Å². The van der Waals surface area contributed by atoms with Crippen LogP contribution in [-0.2, 0) is 0 Å². The first-order valence-electron chi connectivity index (χ1n) is 6.13. The first-order valence-corrected chi connectivity index (χ1v) is 6.13. The molecule has 4 heteroatoms. The van der Waals surface area contributed by atoms with Gasteiger partial charge >= 0.3 is 0 Å². The molecule has 0 saturated heterocycles. The van der Waals surface area contributed by atoms with Gasteiger partial charge in [-0.3, -0.25) is 0 Å². The van der Waals surface area contributed by atoms with E-state index in [2.05, 4.69) is 15.3 Å². The zero-order chi connectivity index (χ0) is 12.8. The lowest BCUT2D eigenvalue weighted by Gasteiger charge is -2.10. The third-order valence-electron chi connectivity index (χ3n) is 2.49. The maximum Gasteiger partial charge on any atom is 0.129 e. The van der Waals surface area contributed by atoms with Gasteiger partial charge in [0.05, 0.1) is 12.3 Å². The predicted octanol–water partition coefficient (Wildman–Crippen LogP) is 2.97. The Morgan fingerprint density at radius 1 is 1.17 bits per heavy atom. The minimum Gasteiger partial charge on any atom is -0.493 e. The van der Waals surface area contributed by atoms with Gasteiger partial charge in [-0.05, 0) is 26.0 Å². The molecule has 0 unspecified atom stereocenters. The Morgan fingerprint density at radius 2 is 2.00 bits per heavy atom. The zero-order valence-corrected chi connectivity index (χ0v) is 10.7. The molecule has 0 aliphatic heterocycles. The Hall–Kier alpha value is -2.10. The normalized spacial score (nSPS) is 10.1. The van der Waals surface area contributed by atoms with E-state index in [1.54, 1.807) is 6.33 Å². The highest BCUT2D eigenvalue weighted by atomic mass is 16.5. The number of ether oxygens (including phenoxy) is 1. The number of nitrogens with zero attached hydrogens (tertiary/aromatic N) is 2. The van der Waals surface area contributed by atoms with Crippen LogP contribution in [0.5, 0.6) is 5.75 Å². The van der Waals surface area contributed by atoms with Crippen molar-refractivity contribution in [1.29, 1.82) is 0 Å².